The maximum Gasteiger partial charge on any atom is 0.260 e. The summed E-state index contributed by atoms with van der Waals surface area (Å²) >= 11 is 0. The van der Waals surface area contributed by atoms with Crippen molar-refractivity contribution in [3.8, 4) is 5.75 Å². The number of amides is 4. The Morgan fingerprint density at radius 1 is 0.981 bits per heavy atom. The summed E-state index contributed by atoms with van der Waals surface area (Å²) < 4.78 is 5.91. The van der Waals surface area contributed by atoms with Crippen molar-refractivity contribution in [2.24, 2.45) is 10.1 Å². The monoisotopic (exact) mass is 738 g/mol. The van der Waals surface area contributed by atoms with E-state index in [1.807, 2.05) is 44.1 Å². The van der Waals surface area contributed by atoms with E-state index in [-0.39, 0.29) is 24.9 Å². The average molecular weight is 739 g/mol. The minimum absolute atomic E-state index is 0.0194. The zero-order chi connectivity index (χ0) is 39.7. The van der Waals surface area contributed by atoms with Crippen molar-refractivity contribution in [2.45, 2.75) is 71.3 Å². The van der Waals surface area contributed by atoms with Gasteiger partial charge in [0.25, 0.3) is 11.8 Å². The fourth-order valence-corrected chi connectivity index (χ4v) is 5.71. The molecule has 54 heavy (non-hydrogen) atoms. The SMILES string of the molecule is C=NOC(COc1ccc(C(C)(C)c2ccc(CCCCNc3cccc(C(=O)N(C=O)C(C)CCC(=O)NC=O)c3C)cc2)cc1)=NCC(=C)N(C)C. The van der Waals surface area contributed by atoms with Gasteiger partial charge in [-0.05, 0) is 86.1 Å². The smallest absolute Gasteiger partial charge is 0.260 e. The number of aryl methyl sites for hydroxylation is 1. The van der Waals surface area contributed by atoms with Crippen LogP contribution in [0.25, 0.3) is 0 Å². The summed E-state index contributed by atoms with van der Waals surface area (Å²) in [4.78, 5) is 59.8. The van der Waals surface area contributed by atoms with Crippen LogP contribution in [0, 0.1) is 6.92 Å². The van der Waals surface area contributed by atoms with E-state index in [4.69, 9.17) is 9.57 Å². The molecule has 0 aliphatic rings. The molecule has 0 bridgehead atoms. The standard InChI is InChI=1S/C42H54N6O6/c1-30(15-24-39(51)46-28-49)48(29-50)41(52)37-13-11-14-38(32(37)3)44-25-10-9-12-33-16-18-34(19-17-33)42(4,5)35-20-22-36(23-21-35)53-27-40(54-43-6)45-26-31(2)47(7)8/h11,13-14,16-23,28-30,44H,2,6,9-10,12,15,24-27H2,1,3-5,7-8H3,(H,46,49,51). The predicted molar refractivity (Wildman–Crippen MR) is 214 cm³/mol. The second-order valence-electron chi connectivity index (χ2n) is 13.8. The Morgan fingerprint density at radius 3 is 2.26 bits per heavy atom. The maximum atomic E-state index is 13.3. The Kier molecular flexibility index (Phi) is 16.6. The third kappa shape index (κ3) is 12.4. The molecule has 0 fully saturated rings. The van der Waals surface area contributed by atoms with E-state index in [0.29, 0.717) is 36.6 Å². The van der Waals surface area contributed by atoms with Gasteiger partial charge in [0.2, 0.25) is 18.7 Å². The molecule has 0 aliphatic carbocycles. The number of unbranched alkanes of at least 4 members (excludes halogenated alkanes) is 1. The van der Waals surface area contributed by atoms with Gasteiger partial charge in [-0.2, -0.15) is 0 Å². The number of oxime groups is 1. The van der Waals surface area contributed by atoms with E-state index in [2.05, 4.69) is 84.3 Å². The summed E-state index contributed by atoms with van der Waals surface area (Å²) in [6.45, 7) is 16.5. The van der Waals surface area contributed by atoms with Crippen molar-refractivity contribution in [1.82, 2.24) is 15.1 Å². The average Bonchev–Trinajstić information content (AvgIpc) is 3.16. The van der Waals surface area contributed by atoms with Crippen molar-refractivity contribution in [2.75, 3.05) is 39.1 Å². The van der Waals surface area contributed by atoms with E-state index in [0.717, 1.165) is 53.2 Å². The molecular weight excluding hydrogens is 684 g/mol. The van der Waals surface area contributed by atoms with Gasteiger partial charge in [0, 0.05) is 62.2 Å². The summed E-state index contributed by atoms with van der Waals surface area (Å²) in [5.74, 6) is 0.114. The topological polar surface area (TPSA) is 142 Å². The van der Waals surface area contributed by atoms with Gasteiger partial charge in [-0.15, -0.1) is 0 Å². The quantitative estimate of drug-likeness (QED) is 0.0404. The van der Waals surface area contributed by atoms with Crippen LogP contribution in [0.1, 0.15) is 79.1 Å². The number of aliphatic imine (C=N–C) groups is 1. The van der Waals surface area contributed by atoms with Crippen LogP contribution in [0.15, 0.2) is 89.2 Å². The van der Waals surface area contributed by atoms with Crippen molar-refractivity contribution >= 4 is 42.9 Å². The lowest BCUT2D eigenvalue weighted by molar-refractivity contribution is -0.126. The van der Waals surface area contributed by atoms with Crippen LogP contribution in [0.5, 0.6) is 5.75 Å². The highest BCUT2D eigenvalue weighted by atomic mass is 16.6. The number of ether oxygens (including phenoxy) is 1. The summed E-state index contributed by atoms with van der Waals surface area (Å²) in [5, 5.41) is 8.99. The first-order valence-electron chi connectivity index (χ1n) is 18.0. The molecule has 2 N–H and O–H groups in total. The van der Waals surface area contributed by atoms with Crippen molar-refractivity contribution in [3.63, 3.8) is 0 Å². The fourth-order valence-electron chi connectivity index (χ4n) is 5.71. The highest BCUT2D eigenvalue weighted by Crippen LogP contribution is 2.33. The normalized spacial score (nSPS) is 11.9. The first-order valence-corrected chi connectivity index (χ1v) is 18.0. The molecule has 0 aliphatic heterocycles. The number of rotatable bonds is 22. The van der Waals surface area contributed by atoms with Crippen LogP contribution < -0.4 is 15.4 Å². The van der Waals surface area contributed by atoms with Crippen molar-refractivity contribution in [1.29, 1.82) is 0 Å². The molecule has 0 spiro atoms. The lowest BCUT2D eigenvalue weighted by Gasteiger charge is -2.26. The van der Waals surface area contributed by atoms with E-state index in [1.54, 1.807) is 19.1 Å². The van der Waals surface area contributed by atoms with Crippen molar-refractivity contribution in [3.05, 3.63) is 107 Å². The second kappa shape index (κ2) is 21.1. The van der Waals surface area contributed by atoms with E-state index in [9.17, 15) is 19.2 Å². The number of hydrogen-bond donors (Lipinski definition) is 2. The van der Waals surface area contributed by atoms with Gasteiger partial charge in [-0.1, -0.05) is 68.0 Å². The van der Waals surface area contributed by atoms with E-state index < -0.39 is 17.9 Å². The number of imide groups is 2. The second-order valence-corrected chi connectivity index (χ2v) is 13.8. The van der Waals surface area contributed by atoms with E-state index >= 15 is 0 Å². The minimum atomic E-state index is -0.516. The van der Waals surface area contributed by atoms with Crippen LogP contribution in [-0.2, 0) is 31.1 Å². The van der Waals surface area contributed by atoms with Gasteiger partial charge in [0.05, 0.1) is 6.54 Å². The molecule has 4 amide bonds. The van der Waals surface area contributed by atoms with Crippen LogP contribution in [0.3, 0.4) is 0 Å². The lowest BCUT2D eigenvalue weighted by atomic mass is 9.78. The summed E-state index contributed by atoms with van der Waals surface area (Å²) in [6, 6.07) is 21.7. The third-order valence-corrected chi connectivity index (χ3v) is 9.46. The number of carbonyl (C=O) groups excluding carboxylic acids is 4. The number of likely N-dealkylation sites (N-methyl/N-ethyl adjacent to an activating group) is 1. The first-order chi connectivity index (χ1) is 25.8. The Hall–Kier alpha value is -5.78. The molecule has 3 rings (SSSR count). The summed E-state index contributed by atoms with van der Waals surface area (Å²) in [7, 11) is 3.81. The van der Waals surface area contributed by atoms with Gasteiger partial charge in [0.15, 0.2) is 6.61 Å². The molecule has 0 heterocycles. The molecule has 0 saturated carbocycles. The molecule has 0 radical (unpaired) electrons. The number of carbonyl (C=O) groups is 4. The molecule has 12 heteroatoms. The van der Waals surface area contributed by atoms with Gasteiger partial charge in [0.1, 0.15) is 5.75 Å². The van der Waals surface area contributed by atoms with Gasteiger partial charge in [-0.3, -0.25) is 29.4 Å². The highest BCUT2D eigenvalue weighted by Gasteiger charge is 2.25. The summed E-state index contributed by atoms with van der Waals surface area (Å²) in [5.41, 5.74) is 6.22. The molecule has 3 aromatic rings. The molecule has 12 nitrogen and oxygen atoms in total. The number of nitrogens with one attached hydrogen (secondary N) is 2. The lowest BCUT2D eigenvalue weighted by Crippen LogP contribution is -2.38. The molecular formula is C42H54N6O6. The Balaban J connectivity index is 1.50. The van der Waals surface area contributed by atoms with E-state index in [1.165, 1.54) is 11.1 Å². The number of nitrogens with zero attached hydrogens (tertiary/aromatic N) is 4. The first kappa shape index (κ1) is 42.6. The maximum absolute atomic E-state index is 13.3. The van der Waals surface area contributed by atoms with Crippen LogP contribution in [0.2, 0.25) is 0 Å². The van der Waals surface area contributed by atoms with Gasteiger partial charge in [-0.25, -0.2) is 4.99 Å². The zero-order valence-corrected chi connectivity index (χ0v) is 32.4. The van der Waals surface area contributed by atoms with Crippen LogP contribution in [0.4, 0.5) is 5.69 Å². The number of anilines is 1. The Bertz CT molecular complexity index is 1770. The van der Waals surface area contributed by atoms with Crippen molar-refractivity contribution < 1.29 is 28.8 Å². The molecule has 288 valence electrons. The highest BCUT2D eigenvalue weighted by molar-refractivity contribution is 6.02. The number of benzene rings is 3. The predicted octanol–water partition coefficient (Wildman–Crippen LogP) is 6.28. The largest absolute Gasteiger partial charge is 0.484 e. The molecule has 1 unspecified atom stereocenters. The fraction of sp³-hybridized carbons (Fsp3) is 0.381. The molecule has 0 saturated heterocycles. The molecule has 3 aromatic carbocycles. The molecule has 0 aromatic heterocycles. The molecule has 1 atom stereocenters. The Morgan fingerprint density at radius 2 is 1.65 bits per heavy atom. The third-order valence-electron chi connectivity index (χ3n) is 9.46. The minimum Gasteiger partial charge on any atom is -0.484 e. The van der Waals surface area contributed by atoms with Crippen LogP contribution >= 0.6 is 0 Å². The number of hydrogen-bond acceptors (Lipinski definition) is 10. The Labute approximate surface area is 319 Å². The zero-order valence-electron chi connectivity index (χ0n) is 32.4. The van der Waals surface area contributed by atoms with Crippen LogP contribution in [-0.4, -0.2) is 86.9 Å². The summed E-state index contributed by atoms with van der Waals surface area (Å²) in [6.07, 6.45) is 3.91. The van der Waals surface area contributed by atoms with Gasteiger partial charge >= 0.3 is 0 Å². The van der Waals surface area contributed by atoms with Gasteiger partial charge < -0.3 is 19.8 Å².